The van der Waals surface area contributed by atoms with Gasteiger partial charge in [0, 0.05) is 44.4 Å². The molecule has 1 fully saturated rings. The van der Waals surface area contributed by atoms with Gasteiger partial charge in [-0.15, -0.1) is 11.8 Å². The van der Waals surface area contributed by atoms with Gasteiger partial charge < -0.3 is 20.4 Å². The molecule has 0 radical (unpaired) electrons. The zero-order chi connectivity index (χ0) is 18.6. The van der Waals surface area contributed by atoms with Gasteiger partial charge in [0.15, 0.2) is 0 Å². The molecule has 1 amide bonds. The molecule has 2 aliphatic heterocycles. The predicted molar refractivity (Wildman–Crippen MR) is 112 cm³/mol. The summed E-state index contributed by atoms with van der Waals surface area (Å²) < 4.78 is 5.45. The topological polar surface area (TPSA) is 78.5 Å². The normalized spacial score (nSPS) is 20.6. The molecule has 1 aromatic carbocycles. The Morgan fingerprint density at radius 1 is 1.37 bits per heavy atom. The Kier molecular flexibility index (Phi) is 5.69. The highest BCUT2D eigenvalue weighted by molar-refractivity contribution is 8.14. The van der Waals surface area contributed by atoms with Crippen molar-refractivity contribution in [1.29, 1.82) is 0 Å². The van der Waals surface area contributed by atoms with Crippen molar-refractivity contribution in [3.05, 3.63) is 30.0 Å². The van der Waals surface area contributed by atoms with E-state index in [-0.39, 0.29) is 11.9 Å². The molecule has 2 aliphatic rings. The fourth-order valence-corrected chi connectivity index (χ4v) is 4.64. The van der Waals surface area contributed by atoms with Gasteiger partial charge in [0.05, 0.1) is 22.9 Å². The summed E-state index contributed by atoms with van der Waals surface area (Å²) in [6.07, 6.45) is 2.70. The van der Waals surface area contributed by atoms with Crippen LogP contribution in [0.3, 0.4) is 0 Å². The smallest absolute Gasteiger partial charge is 0.221 e. The van der Waals surface area contributed by atoms with E-state index in [0.717, 1.165) is 60.3 Å². The lowest BCUT2D eigenvalue weighted by atomic mass is 10.0. The van der Waals surface area contributed by atoms with Crippen LogP contribution in [0.2, 0.25) is 0 Å². The average Bonchev–Trinajstić information content (AvgIpc) is 3.34. The fraction of sp³-hybridized carbons (Fsp3) is 0.500. The van der Waals surface area contributed by atoms with Crippen LogP contribution >= 0.6 is 11.8 Å². The first-order valence-corrected chi connectivity index (χ1v) is 10.6. The molecule has 6 nitrogen and oxygen atoms in total. The standard InChI is InChI=1S/C20H26N4O2S/c1-21-18(25)10-15-12-27-20(23-15)17-9-14-3-2-4-16(19(14)24-17)22-11-13-5-7-26-8-6-13/h2-4,9,13,15,22,24H,5-8,10-12H2,1H3,(H,21,25). The number of fused-ring (bicyclic) bond motifs is 1. The summed E-state index contributed by atoms with van der Waals surface area (Å²) in [7, 11) is 1.67. The molecule has 3 heterocycles. The number of amides is 1. The molecule has 3 N–H and O–H groups in total. The number of carbonyl (C=O) groups is 1. The third-order valence-corrected chi connectivity index (χ3v) is 6.37. The second kappa shape index (κ2) is 8.35. The zero-order valence-corrected chi connectivity index (χ0v) is 16.4. The van der Waals surface area contributed by atoms with Crippen LogP contribution in [-0.2, 0) is 9.53 Å². The van der Waals surface area contributed by atoms with Gasteiger partial charge in [-0.05, 0) is 30.9 Å². The maximum atomic E-state index is 11.6. The molecular weight excluding hydrogens is 360 g/mol. The lowest BCUT2D eigenvalue weighted by Crippen LogP contribution is -2.23. The van der Waals surface area contributed by atoms with Gasteiger partial charge in [-0.1, -0.05) is 12.1 Å². The second-order valence-corrected chi connectivity index (χ2v) is 8.17. The minimum absolute atomic E-state index is 0.0434. The first-order valence-electron chi connectivity index (χ1n) is 9.58. The highest BCUT2D eigenvalue weighted by atomic mass is 32.2. The Hall–Kier alpha value is -1.99. The molecule has 0 bridgehead atoms. The number of thioether (sulfide) groups is 1. The number of H-pyrrole nitrogens is 1. The van der Waals surface area contributed by atoms with Gasteiger partial charge in [-0.25, -0.2) is 0 Å². The Balaban J connectivity index is 1.49. The van der Waals surface area contributed by atoms with Crippen LogP contribution in [-0.4, -0.2) is 54.5 Å². The summed E-state index contributed by atoms with van der Waals surface area (Å²) in [4.78, 5) is 19.9. The molecule has 1 aromatic heterocycles. The monoisotopic (exact) mass is 386 g/mol. The Morgan fingerprint density at radius 3 is 3.04 bits per heavy atom. The first kappa shape index (κ1) is 18.4. The van der Waals surface area contributed by atoms with Gasteiger partial charge >= 0.3 is 0 Å². The Bertz CT molecular complexity index is 842. The van der Waals surface area contributed by atoms with E-state index in [4.69, 9.17) is 9.73 Å². The molecule has 1 unspecified atom stereocenters. The number of carbonyl (C=O) groups excluding carboxylic acids is 1. The molecule has 1 saturated heterocycles. The lowest BCUT2D eigenvalue weighted by molar-refractivity contribution is -0.120. The van der Waals surface area contributed by atoms with Crippen molar-refractivity contribution in [3.63, 3.8) is 0 Å². The van der Waals surface area contributed by atoms with Crippen LogP contribution in [0.25, 0.3) is 10.9 Å². The maximum absolute atomic E-state index is 11.6. The first-order chi connectivity index (χ1) is 13.2. The molecule has 0 aliphatic carbocycles. The molecule has 7 heteroatoms. The number of anilines is 1. The third-order valence-electron chi connectivity index (χ3n) is 5.22. The van der Waals surface area contributed by atoms with Crippen LogP contribution in [0.15, 0.2) is 29.3 Å². The summed E-state index contributed by atoms with van der Waals surface area (Å²) in [5.41, 5.74) is 3.29. The van der Waals surface area contributed by atoms with Crippen LogP contribution in [0, 0.1) is 5.92 Å². The van der Waals surface area contributed by atoms with Crippen LogP contribution in [0.4, 0.5) is 5.69 Å². The van der Waals surface area contributed by atoms with Crippen LogP contribution in [0.5, 0.6) is 0 Å². The van der Waals surface area contributed by atoms with E-state index >= 15 is 0 Å². The van der Waals surface area contributed by atoms with Crippen molar-refractivity contribution in [3.8, 4) is 0 Å². The van der Waals surface area contributed by atoms with E-state index in [1.165, 1.54) is 5.39 Å². The van der Waals surface area contributed by atoms with Gasteiger partial charge in [0.2, 0.25) is 5.91 Å². The van der Waals surface area contributed by atoms with Crippen molar-refractivity contribution in [2.24, 2.45) is 10.9 Å². The number of rotatable bonds is 6. The highest BCUT2D eigenvalue weighted by Crippen LogP contribution is 2.30. The number of aromatic nitrogens is 1. The number of benzene rings is 1. The molecule has 0 saturated carbocycles. The van der Waals surface area contributed by atoms with Gasteiger partial charge in [0.25, 0.3) is 0 Å². The Labute approximate surface area is 163 Å². The van der Waals surface area contributed by atoms with Crippen molar-refractivity contribution in [1.82, 2.24) is 10.3 Å². The number of hydrogen-bond donors (Lipinski definition) is 3. The minimum Gasteiger partial charge on any atom is -0.383 e. The van der Waals surface area contributed by atoms with Crippen molar-refractivity contribution in [2.75, 3.05) is 37.9 Å². The van der Waals surface area contributed by atoms with Crippen molar-refractivity contribution >= 4 is 39.3 Å². The molecule has 4 rings (SSSR count). The SMILES string of the molecule is CNC(=O)CC1CSC(c2cc3cccc(NCC4CCOCC4)c3[nH]2)=N1. The highest BCUT2D eigenvalue weighted by Gasteiger charge is 2.23. The summed E-state index contributed by atoms with van der Waals surface area (Å²) >= 11 is 1.72. The fourth-order valence-electron chi connectivity index (χ4n) is 3.61. The number of nitrogens with one attached hydrogen (secondary N) is 3. The predicted octanol–water partition coefficient (Wildman–Crippen LogP) is 3.00. The molecule has 1 atom stereocenters. The van der Waals surface area contributed by atoms with Gasteiger partial charge in [-0.3, -0.25) is 9.79 Å². The van der Waals surface area contributed by atoms with Crippen LogP contribution < -0.4 is 10.6 Å². The number of nitrogens with zero attached hydrogens (tertiary/aromatic N) is 1. The summed E-state index contributed by atoms with van der Waals surface area (Å²) in [5, 5.41) is 8.47. The number of hydrogen-bond acceptors (Lipinski definition) is 5. The third kappa shape index (κ3) is 4.30. The zero-order valence-electron chi connectivity index (χ0n) is 15.6. The van der Waals surface area contributed by atoms with E-state index in [0.29, 0.717) is 12.3 Å². The molecular formula is C20H26N4O2S. The second-order valence-electron chi connectivity index (χ2n) is 7.17. The Morgan fingerprint density at radius 2 is 2.22 bits per heavy atom. The number of aromatic amines is 1. The molecule has 0 spiro atoms. The van der Waals surface area contributed by atoms with Gasteiger partial charge in [0.1, 0.15) is 5.04 Å². The number of aliphatic imine (C=N–C) groups is 1. The largest absolute Gasteiger partial charge is 0.383 e. The summed E-state index contributed by atoms with van der Waals surface area (Å²) in [6, 6.07) is 8.55. The van der Waals surface area contributed by atoms with E-state index in [2.05, 4.69) is 39.9 Å². The number of para-hydroxylation sites is 1. The van der Waals surface area contributed by atoms with Crippen molar-refractivity contribution < 1.29 is 9.53 Å². The number of ether oxygens (including phenoxy) is 1. The molecule has 2 aromatic rings. The molecule has 27 heavy (non-hydrogen) atoms. The average molecular weight is 387 g/mol. The quantitative estimate of drug-likeness (QED) is 0.713. The minimum atomic E-state index is 0.0434. The van der Waals surface area contributed by atoms with Crippen LogP contribution in [0.1, 0.15) is 25.0 Å². The van der Waals surface area contributed by atoms with E-state index in [9.17, 15) is 4.79 Å². The van der Waals surface area contributed by atoms with E-state index in [1.807, 2.05) is 0 Å². The maximum Gasteiger partial charge on any atom is 0.221 e. The van der Waals surface area contributed by atoms with Gasteiger partial charge in [-0.2, -0.15) is 0 Å². The summed E-state index contributed by atoms with van der Waals surface area (Å²) in [6.45, 7) is 2.72. The molecule has 144 valence electrons. The van der Waals surface area contributed by atoms with E-state index in [1.54, 1.807) is 18.8 Å². The lowest BCUT2D eigenvalue weighted by Gasteiger charge is -2.22. The van der Waals surface area contributed by atoms with E-state index < -0.39 is 0 Å². The van der Waals surface area contributed by atoms with Crippen molar-refractivity contribution in [2.45, 2.75) is 25.3 Å². The summed E-state index contributed by atoms with van der Waals surface area (Å²) in [5.74, 6) is 1.57.